The molecule has 0 aliphatic rings. The molecule has 1 heterocycles. The number of nitrogens with zero attached hydrogens (tertiary/aromatic N) is 1. The minimum atomic E-state index is -0.215. The molecule has 100 valence electrons. The molecule has 5 nitrogen and oxygen atoms in total. The molecule has 0 aromatic carbocycles. The van der Waals surface area contributed by atoms with Crippen molar-refractivity contribution in [3.8, 4) is 0 Å². The molecule has 18 heavy (non-hydrogen) atoms. The van der Waals surface area contributed by atoms with E-state index in [4.69, 9.17) is 10.5 Å². The number of nitrogen functional groups attached to an aromatic ring is 1. The Morgan fingerprint density at radius 1 is 1.50 bits per heavy atom. The van der Waals surface area contributed by atoms with E-state index >= 15 is 0 Å². The number of carbonyl (C=O) groups excluding carboxylic acids is 1. The fourth-order valence-electron chi connectivity index (χ4n) is 1.35. The molecule has 1 aromatic heterocycles. The van der Waals surface area contributed by atoms with Crippen LogP contribution in [0.3, 0.4) is 0 Å². The van der Waals surface area contributed by atoms with Gasteiger partial charge in [0.05, 0.1) is 12.2 Å². The van der Waals surface area contributed by atoms with Gasteiger partial charge >= 0.3 is 0 Å². The van der Waals surface area contributed by atoms with Gasteiger partial charge in [0.1, 0.15) is 0 Å². The molecule has 0 saturated heterocycles. The minimum Gasteiger partial charge on any atom is -0.398 e. The van der Waals surface area contributed by atoms with E-state index in [0.717, 1.165) is 13.0 Å². The van der Waals surface area contributed by atoms with Crippen molar-refractivity contribution in [2.75, 3.05) is 25.5 Å². The Kier molecular flexibility index (Phi) is 6.14. The monoisotopic (exact) mass is 251 g/mol. The summed E-state index contributed by atoms with van der Waals surface area (Å²) in [5, 5.41) is 2.74. The van der Waals surface area contributed by atoms with Gasteiger partial charge in [-0.05, 0) is 18.4 Å². The Morgan fingerprint density at radius 3 is 2.94 bits per heavy atom. The number of nitrogens with two attached hydrogens (primary N) is 1. The molecular weight excluding hydrogens is 230 g/mol. The van der Waals surface area contributed by atoms with E-state index in [1.807, 2.05) is 0 Å². The van der Waals surface area contributed by atoms with Gasteiger partial charge in [0, 0.05) is 31.2 Å². The van der Waals surface area contributed by atoms with Gasteiger partial charge < -0.3 is 15.8 Å². The summed E-state index contributed by atoms with van der Waals surface area (Å²) in [4.78, 5) is 15.6. The molecule has 0 fully saturated rings. The van der Waals surface area contributed by atoms with Crippen LogP contribution in [0.1, 0.15) is 30.6 Å². The maximum absolute atomic E-state index is 11.7. The predicted octanol–water partition coefficient (Wildman–Crippen LogP) is 1.46. The second-order valence-electron chi connectivity index (χ2n) is 4.51. The molecule has 0 aliphatic carbocycles. The van der Waals surface area contributed by atoms with Gasteiger partial charge in [0.25, 0.3) is 5.91 Å². The van der Waals surface area contributed by atoms with E-state index in [-0.39, 0.29) is 5.91 Å². The number of pyridine rings is 1. The lowest BCUT2D eigenvalue weighted by molar-refractivity contribution is 0.0906. The first-order valence-corrected chi connectivity index (χ1v) is 6.16. The van der Waals surface area contributed by atoms with E-state index < -0.39 is 0 Å². The van der Waals surface area contributed by atoms with Crippen LogP contribution in [0, 0.1) is 5.92 Å². The highest BCUT2D eigenvalue weighted by Gasteiger charge is 2.08. The van der Waals surface area contributed by atoms with Crippen molar-refractivity contribution < 1.29 is 9.53 Å². The largest absolute Gasteiger partial charge is 0.398 e. The van der Waals surface area contributed by atoms with Gasteiger partial charge in [-0.1, -0.05) is 13.8 Å². The SMILES string of the molecule is CC(C)CCOCCNC(=O)c1cnccc1N. The molecule has 1 amide bonds. The van der Waals surface area contributed by atoms with Crippen molar-refractivity contribution in [2.45, 2.75) is 20.3 Å². The van der Waals surface area contributed by atoms with Gasteiger partial charge in [-0.15, -0.1) is 0 Å². The van der Waals surface area contributed by atoms with Crippen LogP contribution in [0.4, 0.5) is 5.69 Å². The zero-order valence-electron chi connectivity index (χ0n) is 11.0. The van der Waals surface area contributed by atoms with Crippen LogP contribution in [-0.4, -0.2) is 30.6 Å². The molecule has 0 spiro atoms. The fraction of sp³-hybridized carbons (Fsp3) is 0.538. The summed E-state index contributed by atoms with van der Waals surface area (Å²) in [5.74, 6) is 0.419. The van der Waals surface area contributed by atoms with Crippen LogP contribution in [0.5, 0.6) is 0 Å². The highest BCUT2D eigenvalue weighted by molar-refractivity contribution is 5.98. The number of hydrogen-bond donors (Lipinski definition) is 2. The van der Waals surface area contributed by atoms with Crippen molar-refractivity contribution in [1.82, 2.24) is 10.3 Å². The Bertz CT molecular complexity index is 380. The van der Waals surface area contributed by atoms with E-state index in [1.54, 1.807) is 12.3 Å². The Balaban J connectivity index is 2.20. The average molecular weight is 251 g/mol. The summed E-state index contributed by atoms with van der Waals surface area (Å²) in [5.41, 5.74) is 6.51. The normalized spacial score (nSPS) is 10.6. The number of amides is 1. The highest BCUT2D eigenvalue weighted by Crippen LogP contribution is 2.07. The lowest BCUT2D eigenvalue weighted by Gasteiger charge is -2.08. The molecule has 0 atom stereocenters. The highest BCUT2D eigenvalue weighted by atomic mass is 16.5. The standard InChI is InChI=1S/C13H21N3O2/c1-10(2)4-7-18-8-6-16-13(17)11-9-15-5-3-12(11)14/h3,5,9-10H,4,6-8H2,1-2H3,(H2,14,15)(H,16,17). The van der Waals surface area contributed by atoms with E-state index in [1.165, 1.54) is 6.20 Å². The molecule has 1 aromatic rings. The topological polar surface area (TPSA) is 77.2 Å². The first-order valence-electron chi connectivity index (χ1n) is 6.16. The molecule has 0 aliphatic heterocycles. The molecule has 0 saturated carbocycles. The van der Waals surface area contributed by atoms with E-state index in [2.05, 4.69) is 24.1 Å². The first-order chi connectivity index (χ1) is 8.61. The van der Waals surface area contributed by atoms with Crippen molar-refractivity contribution in [3.05, 3.63) is 24.0 Å². The van der Waals surface area contributed by atoms with Gasteiger partial charge in [-0.3, -0.25) is 9.78 Å². The molecule has 0 radical (unpaired) electrons. The molecule has 1 rings (SSSR count). The third-order valence-corrected chi connectivity index (χ3v) is 2.47. The fourth-order valence-corrected chi connectivity index (χ4v) is 1.35. The van der Waals surface area contributed by atoms with Crippen LogP contribution >= 0.6 is 0 Å². The Labute approximate surface area is 108 Å². The maximum Gasteiger partial charge on any atom is 0.255 e. The van der Waals surface area contributed by atoms with Crippen molar-refractivity contribution in [1.29, 1.82) is 0 Å². The quantitative estimate of drug-likeness (QED) is 0.719. The number of carbonyl (C=O) groups is 1. The van der Waals surface area contributed by atoms with Crippen LogP contribution in [0.2, 0.25) is 0 Å². The smallest absolute Gasteiger partial charge is 0.255 e. The molecule has 3 N–H and O–H groups in total. The first kappa shape index (κ1) is 14.4. The predicted molar refractivity (Wildman–Crippen MR) is 71.3 cm³/mol. The number of hydrogen-bond acceptors (Lipinski definition) is 4. The lowest BCUT2D eigenvalue weighted by Crippen LogP contribution is -2.28. The number of aromatic nitrogens is 1. The number of ether oxygens (including phenoxy) is 1. The van der Waals surface area contributed by atoms with Crippen LogP contribution in [0.15, 0.2) is 18.5 Å². The molecule has 5 heteroatoms. The molecular formula is C13H21N3O2. The second-order valence-corrected chi connectivity index (χ2v) is 4.51. The third kappa shape index (κ3) is 5.14. The zero-order valence-corrected chi connectivity index (χ0v) is 11.0. The minimum absolute atomic E-state index is 0.215. The van der Waals surface area contributed by atoms with Crippen molar-refractivity contribution in [3.63, 3.8) is 0 Å². The number of nitrogens with one attached hydrogen (secondary N) is 1. The molecule has 0 unspecified atom stereocenters. The Morgan fingerprint density at radius 2 is 2.28 bits per heavy atom. The number of anilines is 1. The summed E-state index contributed by atoms with van der Waals surface area (Å²) in [6.07, 6.45) is 4.05. The summed E-state index contributed by atoms with van der Waals surface area (Å²) in [6.45, 7) is 6.01. The van der Waals surface area contributed by atoms with E-state index in [9.17, 15) is 4.79 Å². The zero-order chi connectivity index (χ0) is 13.4. The van der Waals surface area contributed by atoms with Crippen molar-refractivity contribution >= 4 is 11.6 Å². The van der Waals surface area contributed by atoms with Crippen LogP contribution < -0.4 is 11.1 Å². The summed E-state index contributed by atoms with van der Waals surface area (Å²) in [6, 6.07) is 1.61. The van der Waals surface area contributed by atoms with Crippen LogP contribution in [-0.2, 0) is 4.74 Å². The summed E-state index contributed by atoms with van der Waals surface area (Å²) in [7, 11) is 0. The Hall–Kier alpha value is -1.62. The van der Waals surface area contributed by atoms with E-state index in [0.29, 0.717) is 30.3 Å². The van der Waals surface area contributed by atoms with Gasteiger partial charge in [-0.25, -0.2) is 0 Å². The van der Waals surface area contributed by atoms with Crippen LogP contribution in [0.25, 0.3) is 0 Å². The summed E-state index contributed by atoms with van der Waals surface area (Å²) < 4.78 is 5.40. The van der Waals surface area contributed by atoms with Gasteiger partial charge in [-0.2, -0.15) is 0 Å². The second kappa shape index (κ2) is 7.66. The average Bonchev–Trinajstić information content (AvgIpc) is 2.33. The summed E-state index contributed by atoms with van der Waals surface area (Å²) >= 11 is 0. The molecule has 0 bridgehead atoms. The van der Waals surface area contributed by atoms with Gasteiger partial charge in [0.15, 0.2) is 0 Å². The third-order valence-electron chi connectivity index (χ3n) is 2.47. The van der Waals surface area contributed by atoms with Gasteiger partial charge in [0.2, 0.25) is 0 Å². The number of rotatable bonds is 7. The maximum atomic E-state index is 11.7. The lowest BCUT2D eigenvalue weighted by atomic mass is 10.1. The van der Waals surface area contributed by atoms with Crippen molar-refractivity contribution in [2.24, 2.45) is 5.92 Å².